The van der Waals surface area contributed by atoms with Crippen LogP contribution in [-0.2, 0) is 4.79 Å². The number of carbonyl (C=O) groups excluding carboxylic acids is 1. The minimum Gasteiger partial charge on any atom is -0.289 e. The first kappa shape index (κ1) is 25.5. The van der Waals surface area contributed by atoms with Crippen LogP contribution in [0.1, 0.15) is 54.9 Å². The van der Waals surface area contributed by atoms with Crippen LogP contribution in [0.5, 0.6) is 0 Å². The monoisotopic (exact) mass is 252 g/mol. The van der Waals surface area contributed by atoms with Crippen LogP contribution < -0.4 is 0 Å². The fraction of sp³-hybridized carbons (Fsp3) is 0.471. The van der Waals surface area contributed by atoms with Gasteiger partial charge in [0, 0.05) is 5.57 Å². The molecule has 1 nitrogen and oxygen atoms in total. The van der Waals surface area contributed by atoms with Crippen molar-refractivity contribution in [1.82, 2.24) is 0 Å². The van der Waals surface area contributed by atoms with Gasteiger partial charge in [-0.05, 0) is 12.5 Å². The van der Waals surface area contributed by atoms with E-state index in [-0.39, 0.29) is 5.78 Å². The molecular weight excluding hydrogens is 220 g/mol. The van der Waals surface area contributed by atoms with Gasteiger partial charge in [0.15, 0.2) is 5.78 Å². The highest BCUT2D eigenvalue weighted by Gasteiger charge is 1.98. The molecule has 0 amide bonds. The average molecular weight is 252 g/mol. The summed E-state index contributed by atoms with van der Waals surface area (Å²) < 4.78 is 0. The Balaban J connectivity index is -0.000000141. The van der Waals surface area contributed by atoms with Gasteiger partial charge in [0.1, 0.15) is 0 Å². The van der Waals surface area contributed by atoms with Crippen molar-refractivity contribution in [1.29, 1.82) is 0 Å². The fourth-order valence-corrected chi connectivity index (χ4v) is 0.699. The van der Waals surface area contributed by atoms with Crippen molar-refractivity contribution in [3.63, 3.8) is 0 Å². The molecule has 0 spiro atoms. The maximum Gasteiger partial charge on any atom is 0.185 e. The zero-order valence-corrected chi connectivity index (χ0v) is 13.4. The highest BCUT2D eigenvalue weighted by molar-refractivity contribution is 6.06. The lowest BCUT2D eigenvalue weighted by molar-refractivity contribution is -0.111. The summed E-state index contributed by atoms with van der Waals surface area (Å²) in [5, 5.41) is 0. The lowest BCUT2D eigenvalue weighted by Gasteiger charge is -1.92. The van der Waals surface area contributed by atoms with Crippen LogP contribution in [0.25, 0.3) is 0 Å². The maximum absolute atomic E-state index is 11.2. The van der Waals surface area contributed by atoms with Gasteiger partial charge in [0.05, 0.1) is 0 Å². The predicted octanol–water partition coefficient (Wildman–Crippen LogP) is 5.90. The molecule has 0 N–H and O–H groups in total. The Bertz CT molecular complexity index is 232. The third-order valence-electron chi connectivity index (χ3n) is 1.31. The molecule has 0 bridgehead atoms. The predicted molar refractivity (Wildman–Crippen MR) is 87.0 cm³/mol. The first-order chi connectivity index (χ1) is 8.76. The highest BCUT2D eigenvalue weighted by Crippen LogP contribution is 1.99. The Hall–Kier alpha value is -1.37. The van der Waals surface area contributed by atoms with E-state index in [4.69, 9.17) is 0 Å². The second-order valence-electron chi connectivity index (χ2n) is 2.24. The molecule has 0 saturated carbocycles. The van der Waals surface area contributed by atoms with Crippen molar-refractivity contribution in [3.05, 3.63) is 49.1 Å². The fourth-order valence-electron chi connectivity index (χ4n) is 0.699. The quantitative estimate of drug-likeness (QED) is 0.440. The normalized spacial score (nSPS) is 8.72. The summed E-state index contributed by atoms with van der Waals surface area (Å²) in [4.78, 5) is 11.2. The van der Waals surface area contributed by atoms with E-state index in [9.17, 15) is 4.79 Å². The van der Waals surface area contributed by atoms with Crippen LogP contribution >= 0.6 is 0 Å². The van der Waals surface area contributed by atoms with Crippen LogP contribution in [0.15, 0.2) is 49.1 Å². The average Bonchev–Trinajstić information content (AvgIpc) is 2.48. The van der Waals surface area contributed by atoms with E-state index in [1.807, 2.05) is 54.5 Å². The molecule has 0 aliphatic heterocycles. The van der Waals surface area contributed by atoms with E-state index in [1.165, 1.54) is 6.08 Å². The van der Waals surface area contributed by atoms with Gasteiger partial charge < -0.3 is 0 Å². The number of rotatable bonds is 5. The topological polar surface area (TPSA) is 17.1 Å². The van der Waals surface area contributed by atoms with Crippen LogP contribution in [0.2, 0.25) is 0 Å². The van der Waals surface area contributed by atoms with Crippen molar-refractivity contribution < 1.29 is 4.79 Å². The molecule has 0 aromatic heterocycles. The Morgan fingerprint density at radius 2 is 1.44 bits per heavy atom. The van der Waals surface area contributed by atoms with Gasteiger partial charge in [-0.25, -0.2) is 0 Å². The Kier molecular flexibility index (Phi) is 41.9. The third kappa shape index (κ3) is 20.1. The van der Waals surface area contributed by atoms with Gasteiger partial charge >= 0.3 is 0 Å². The van der Waals surface area contributed by atoms with Gasteiger partial charge in [-0.2, -0.15) is 0 Å². The van der Waals surface area contributed by atoms with Crippen LogP contribution in [0, 0.1) is 0 Å². The van der Waals surface area contributed by atoms with Crippen LogP contribution in [-0.4, -0.2) is 5.78 Å². The van der Waals surface area contributed by atoms with Gasteiger partial charge in [0.25, 0.3) is 0 Å². The molecule has 0 aromatic rings. The second kappa shape index (κ2) is 29.6. The van der Waals surface area contributed by atoms with Gasteiger partial charge in [-0.3, -0.25) is 4.79 Å². The molecule has 0 atom stereocenters. The molecule has 0 aliphatic rings. The van der Waals surface area contributed by atoms with Crippen LogP contribution in [0.4, 0.5) is 0 Å². The Labute approximate surface area is 115 Å². The summed E-state index contributed by atoms with van der Waals surface area (Å²) in [5.41, 5.74) is 0.578. The standard InChI is InChI=1S/C11H14O.3C2H6/c1-4-7-9-11(12)10(6-3)8-5-2;3*1-2/h5-9H,2-4H2,1H3;3*1-2H3/b9-7+,10-8+;;;. The van der Waals surface area contributed by atoms with Crippen molar-refractivity contribution >= 4 is 5.78 Å². The molecule has 0 rings (SSSR count). The summed E-state index contributed by atoms with van der Waals surface area (Å²) in [6.45, 7) is 21.0. The number of allylic oxidation sites excluding steroid dienone is 6. The zero-order valence-electron chi connectivity index (χ0n) is 13.4. The Morgan fingerprint density at radius 1 is 1.00 bits per heavy atom. The first-order valence-electron chi connectivity index (χ1n) is 6.92. The minimum atomic E-state index is -0.0215. The molecule has 1 heteroatoms. The summed E-state index contributed by atoms with van der Waals surface area (Å²) in [5.74, 6) is -0.0215. The molecule has 0 aromatic carbocycles. The van der Waals surface area contributed by atoms with Crippen molar-refractivity contribution in [2.75, 3.05) is 0 Å². The lowest BCUT2D eigenvalue weighted by atomic mass is 10.1. The van der Waals surface area contributed by atoms with Gasteiger partial charge in [-0.15, -0.1) is 0 Å². The van der Waals surface area contributed by atoms with Gasteiger partial charge in [0.2, 0.25) is 0 Å². The molecule has 18 heavy (non-hydrogen) atoms. The third-order valence-corrected chi connectivity index (χ3v) is 1.31. The first-order valence-corrected chi connectivity index (χ1v) is 6.92. The lowest BCUT2D eigenvalue weighted by Crippen LogP contribution is -1.94. The molecule has 0 saturated heterocycles. The van der Waals surface area contributed by atoms with Gasteiger partial charge in [-0.1, -0.05) is 85.9 Å². The second-order valence-corrected chi connectivity index (χ2v) is 2.24. The summed E-state index contributed by atoms with van der Waals surface area (Å²) in [6, 6.07) is 0. The van der Waals surface area contributed by atoms with Crippen molar-refractivity contribution in [2.24, 2.45) is 0 Å². The molecule has 0 fully saturated rings. The van der Waals surface area contributed by atoms with Crippen LogP contribution in [0.3, 0.4) is 0 Å². The molecule has 0 aliphatic carbocycles. The molecule has 106 valence electrons. The SMILES string of the molecule is C=C/C=C(\C=C)C(=O)/C=C/CC.CC.CC.CC. The van der Waals surface area contributed by atoms with E-state index in [0.717, 1.165) is 6.42 Å². The number of ketones is 1. The Morgan fingerprint density at radius 3 is 1.72 bits per heavy atom. The molecular formula is C17H32O. The van der Waals surface area contributed by atoms with E-state index in [1.54, 1.807) is 18.2 Å². The van der Waals surface area contributed by atoms with E-state index < -0.39 is 0 Å². The smallest absolute Gasteiger partial charge is 0.185 e. The largest absolute Gasteiger partial charge is 0.289 e. The van der Waals surface area contributed by atoms with Crippen molar-refractivity contribution in [3.8, 4) is 0 Å². The molecule has 0 radical (unpaired) electrons. The van der Waals surface area contributed by atoms with E-state index >= 15 is 0 Å². The van der Waals surface area contributed by atoms with E-state index in [2.05, 4.69) is 13.2 Å². The number of hydrogen-bond donors (Lipinski definition) is 0. The zero-order chi connectivity index (χ0) is 15.4. The number of hydrogen-bond acceptors (Lipinski definition) is 1. The summed E-state index contributed by atoms with van der Waals surface area (Å²) in [6.07, 6.45) is 9.00. The number of carbonyl (C=O) groups is 1. The summed E-state index contributed by atoms with van der Waals surface area (Å²) in [7, 11) is 0. The molecule has 0 heterocycles. The highest BCUT2D eigenvalue weighted by atomic mass is 16.1. The minimum absolute atomic E-state index is 0.0215. The maximum atomic E-state index is 11.2. The molecule has 0 unspecified atom stereocenters. The summed E-state index contributed by atoms with van der Waals surface area (Å²) >= 11 is 0. The van der Waals surface area contributed by atoms with Crippen molar-refractivity contribution in [2.45, 2.75) is 54.9 Å². The van der Waals surface area contributed by atoms with E-state index in [0.29, 0.717) is 5.57 Å².